The molecule has 1 N–H and O–H groups in total. The number of hydrogen-bond acceptors (Lipinski definition) is 9. The summed E-state index contributed by atoms with van der Waals surface area (Å²) in [6.45, 7) is 18.8. The van der Waals surface area contributed by atoms with Gasteiger partial charge in [0, 0.05) is 24.8 Å². The maximum atomic E-state index is 13.7. The molecule has 6 rings (SSSR count). The number of terminal acetylenes is 1. The molecule has 1 saturated carbocycles. The van der Waals surface area contributed by atoms with Crippen molar-refractivity contribution in [3.05, 3.63) is 102 Å². The van der Waals surface area contributed by atoms with Crippen molar-refractivity contribution in [2.45, 2.75) is 159 Å². The Morgan fingerprint density at radius 3 is 1.97 bits per heavy atom. The van der Waals surface area contributed by atoms with Gasteiger partial charge in [0.15, 0.2) is 19.7 Å². The first-order valence-electron chi connectivity index (χ1n) is 23.5. The largest absolute Gasteiger partial charge is 0.497 e. The molecule has 3 aromatic carbocycles. The van der Waals surface area contributed by atoms with E-state index in [-0.39, 0.29) is 32.2 Å². The molecule has 3 aromatic rings. The molecule has 3 aliphatic rings. The van der Waals surface area contributed by atoms with Crippen LogP contribution in [0, 0.1) is 29.6 Å². The molecule has 65 heavy (non-hydrogen) atoms. The van der Waals surface area contributed by atoms with E-state index in [0.717, 1.165) is 65.5 Å². The maximum Gasteiger partial charge on any atom is 0.311 e. The highest BCUT2D eigenvalue weighted by atomic mass is 28.4. The molecule has 1 spiro atoms. The Kier molecular flexibility index (Phi) is 15.9. The number of aliphatic hydroxyl groups is 1. The van der Waals surface area contributed by atoms with E-state index in [1.165, 1.54) is 0 Å². The molecule has 0 radical (unpaired) electrons. The highest BCUT2D eigenvalue weighted by molar-refractivity contribution is 6.99. The molecule has 9 nitrogen and oxygen atoms in total. The minimum atomic E-state index is -3.25. The van der Waals surface area contributed by atoms with Gasteiger partial charge in [-0.3, -0.25) is 4.79 Å². The molecule has 0 amide bonds. The van der Waals surface area contributed by atoms with Gasteiger partial charge < -0.3 is 37.6 Å². The third-order valence-electron chi connectivity index (χ3n) is 13.8. The van der Waals surface area contributed by atoms with Gasteiger partial charge in [-0.25, -0.2) is 0 Å². The molecule has 350 valence electrons. The van der Waals surface area contributed by atoms with Gasteiger partial charge in [0.2, 0.25) is 0 Å². The lowest BCUT2D eigenvalue weighted by molar-refractivity contribution is -0.186. The Morgan fingerprint density at radius 2 is 1.46 bits per heavy atom. The Morgan fingerprint density at radius 1 is 0.877 bits per heavy atom. The average molecular weight is 921 g/mol. The minimum Gasteiger partial charge on any atom is -0.497 e. The van der Waals surface area contributed by atoms with E-state index in [1.807, 2.05) is 87.5 Å². The second-order valence-corrected chi connectivity index (χ2v) is 29.0. The fourth-order valence-corrected chi connectivity index (χ4v) is 17.2. The quantitative estimate of drug-likeness (QED) is 0.0807. The van der Waals surface area contributed by atoms with Crippen LogP contribution in [-0.2, 0) is 39.2 Å². The second kappa shape index (κ2) is 20.5. The SMILES string of the molecule is C#CC[C@]1(O)C(C#C[C@@](COC(=O)C(C)(C)C)(O[Si](CC)(CC)CC)[C@H]2COC3(CCCC3)O2)=C[C@@H](O[Si](c2ccccc2)(c2ccccc2)C(C)(C)C)[C@@H]1OCc1ccc(OC)cc1. The summed E-state index contributed by atoms with van der Waals surface area (Å²) < 4.78 is 47.3. The number of ether oxygens (including phenoxy) is 5. The fraction of sp³-hybridized carbons (Fsp3) is 0.537. The van der Waals surface area contributed by atoms with Crippen LogP contribution in [0.25, 0.3) is 0 Å². The van der Waals surface area contributed by atoms with Crippen LogP contribution >= 0.6 is 0 Å². The number of benzene rings is 3. The van der Waals surface area contributed by atoms with Crippen LogP contribution < -0.4 is 15.1 Å². The lowest BCUT2D eigenvalue weighted by Crippen LogP contribution is -2.68. The van der Waals surface area contributed by atoms with Crippen molar-refractivity contribution in [2.24, 2.45) is 5.41 Å². The van der Waals surface area contributed by atoms with Crippen LogP contribution in [0.4, 0.5) is 0 Å². The molecule has 2 aliphatic carbocycles. The predicted molar refractivity (Wildman–Crippen MR) is 262 cm³/mol. The molecule has 5 atom stereocenters. The zero-order valence-corrected chi connectivity index (χ0v) is 42.5. The molecular formula is C54H72O9Si2. The Labute approximate surface area is 391 Å². The van der Waals surface area contributed by atoms with Crippen LogP contribution in [0.3, 0.4) is 0 Å². The standard InChI is InChI=1S/C54H72O9Si2/c1-12-33-54(56)42(32-36-52(40-59-49(55)50(5,6)7,63-64(13-2,14-3)15-4)47-39-60-53(61-47)34-22-23-35-53)37-46(48(54)58-38-41-28-30-43(57-11)31-29-41)62-65(51(8,9)10,44-24-18-16-19-25-44)45-26-20-17-21-27-45/h1,16-21,24-31,37,46-48,56H,13-15,22-23,33-35,38-40H2,2-11H3/t46-,47-,48+,52+,54+/m1/s1. The van der Waals surface area contributed by atoms with Crippen molar-refractivity contribution in [1.29, 1.82) is 0 Å². The summed E-state index contributed by atoms with van der Waals surface area (Å²) in [5, 5.41) is 15.1. The molecule has 1 aliphatic heterocycles. The van der Waals surface area contributed by atoms with Gasteiger partial charge >= 0.3 is 5.97 Å². The van der Waals surface area contributed by atoms with Crippen molar-refractivity contribution in [3.63, 3.8) is 0 Å². The van der Waals surface area contributed by atoms with E-state index in [4.69, 9.17) is 39.0 Å². The lowest BCUT2D eigenvalue weighted by Gasteiger charge is -2.46. The van der Waals surface area contributed by atoms with Crippen molar-refractivity contribution < 1.29 is 42.4 Å². The topological polar surface area (TPSA) is 102 Å². The monoisotopic (exact) mass is 920 g/mol. The van der Waals surface area contributed by atoms with Crippen molar-refractivity contribution in [1.82, 2.24) is 0 Å². The fourth-order valence-electron chi connectivity index (χ4n) is 9.66. The Hall–Kier alpha value is -4.02. The van der Waals surface area contributed by atoms with E-state index in [9.17, 15) is 9.90 Å². The number of rotatable bonds is 17. The predicted octanol–water partition coefficient (Wildman–Crippen LogP) is 9.26. The van der Waals surface area contributed by atoms with Crippen LogP contribution in [0.1, 0.15) is 100.0 Å². The Bertz CT molecular complexity index is 2140. The third kappa shape index (κ3) is 10.6. The summed E-state index contributed by atoms with van der Waals surface area (Å²) in [6.07, 6.45) is 8.99. The van der Waals surface area contributed by atoms with Gasteiger partial charge in [-0.05, 0) is 90.9 Å². The van der Waals surface area contributed by atoms with Gasteiger partial charge in [0.25, 0.3) is 8.32 Å². The third-order valence-corrected chi connectivity index (χ3v) is 23.5. The highest BCUT2D eigenvalue weighted by Crippen LogP contribution is 2.46. The van der Waals surface area contributed by atoms with Gasteiger partial charge in [0.1, 0.15) is 30.2 Å². The summed E-state index contributed by atoms with van der Waals surface area (Å²) >= 11 is 0. The molecule has 0 unspecified atom stereocenters. The number of carbonyl (C=O) groups excluding carboxylic acids is 1. The summed E-state index contributed by atoms with van der Waals surface area (Å²) in [7, 11) is -4.14. The van der Waals surface area contributed by atoms with E-state index < -0.39 is 62.4 Å². The van der Waals surface area contributed by atoms with Gasteiger partial charge in [-0.1, -0.05) is 126 Å². The van der Waals surface area contributed by atoms with Crippen LogP contribution in [-0.4, -0.2) is 83.3 Å². The number of hydrogen-bond donors (Lipinski definition) is 1. The molecule has 0 aromatic heterocycles. The normalized spacial score (nSPS) is 23.0. The zero-order chi connectivity index (χ0) is 47.2. The number of esters is 1. The van der Waals surface area contributed by atoms with E-state index >= 15 is 0 Å². The van der Waals surface area contributed by atoms with Crippen LogP contribution in [0.5, 0.6) is 5.75 Å². The van der Waals surface area contributed by atoms with Crippen LogP contribution in [0.15, 0.2) is 96.6 Å². The molecular weight excluding hydrogens is 849 g/mol. The van der Waals surface area contributed by atoms with Crippen molar-refractivity contribution in [3.8, 4) is 29.9 Å². The molecule has 1 saturated heterocycles. The van der Waals surface area contributed by atoms with Crippen LogP contribution in [0.2, 0.25) is 23.2 Å². The number of methoxy groups -OCH3 is 1. The number of carbonyl (C=O) groups is 1. The average Bonchev–Trinajstić information content (AvgIpc) is 4.02. The van der Waals surface area contributed by atoms with E-state index in [2.05, 4.69) is 83.6 Å². The molecule has 11 heteroatoms. The lowest BCUT2D eigenvalue weighted by atomic mass is 9.88. The van der Waals surface area contributed by atoms with Gasteiger partial charge in [0.05, 0.1) is 31.8 Å². The van der Waals surface area contributed by atoms with Crippen molar-refractivity contribution >= 4 is 33.0 Å². The highest BCUT2D eigenvalue weighted by Gasteiger charge is 2.59. The summed E-state index contributed by atoms with van der Waals surface area (Å²) in [5.74, 6) is 9.38. The van der Waals surface area contributed by atoms with Gasteiger partial charge in [-0.15, -0.1) is 12.3 Å². The Balaban J connectivity index is 1.57. The first kappa shape index (κ1) is 50.4. The van der Waals surface area contributed by atoms with E-state index in [1.54, 1.807) is 7.11 Å². The summed E-state index contributed by atoms with van der Waals surface area (Å²) in [4.78, 5) is 13.7. The molecule has 2 fully saturated rings. The molecule has 0 bridgehead atoms. The first-order chi connectivity index (χ1) is 30.9. The summed E-state index contributed by atoms with van der Waals surface area (Å²) in [6, 6.07) is 30.9. The van der Waals surface area contributed by atoms with Gasteiger partial charge in [-0.2, -0.15) is 0 Å². The maximum absolute atomic E-state index is 13.7. The van der Waals surface area contributed by atoms with Crippen molar-refractivity contribution in [2.75, 3.05) is 20.3 Å². The van der Waals surface area contributed by atoms with E-state index in [0.29, 0.717) is 5.57 Å². The first-order valence-corrected chi connectivity index (χ1v) is 28.0. The zero-order valence-electron chi connectivity index (χ0n) is 40.5. The summed E-state index contributed by atoms with van der Waals surface area (Å²) in [5.41, 5.74) is -2.80. The smallest absolute Gasteiger partial charge is 0.311 e. The molecule has 1 heterocycles. The minimum absolute atomic E-state index is 0.113. The second-order valence-electron chi connectivity index (χ2n) is 20.1.